The molecule has 17 heavy (non-hydrogen) atoms. The van der Waals surface area contributed by atoms with E-state index in [2.05, 4.69) is 29.1 Å². The summed E-state index contributed by atoms with van der Waals surface area (Å²) >= 11 is 0. The molecule has 5 nitrogen and oxygen atoms in total. The maximum absolute atomic E-state index is 5.84. The van der Waals surface area contributed by atoms with Crippen LogP contribution in [0.15, 0.2) is 6.33 Å². The van der Waals surface area contributed by atoms with E-state index in [9.17, 15) is 0 Å². The summed E-state index contributed by atoms with van der Waals surface area (Å²) in [6, 6.07) is 0.222. The normalized spacial score (nSPS) is 12.8. The van der Waals surface area contributed by atoms with Crippen molar-refractivity contribution >= 4 is 11.6 Å². The zero-order chi connectivity index (χ0) is 12.8. The molecule has 0 aromatic carbocycles. The van der Waals surface area contributed by atoms with Gasteiger partial charge in [-0.05, 0) is 12.3 Å². The molecule has 3 N–H and O–H groups in total. The lowest BCUT2D eigenvalue weighted by molar-refractivity contribution is 0.171. The smallest absolute Gasteiger partial charge is 0.135 e. The van der Waals surface area contributed by atoms with E-state index in [1.165, 1.54) is 6.33 Å². The van der Waals surface area contributed by atoms with E-state index in [0.717, 1.165) is 17.8 Å². The standard InChI is InChI=1S/C12H22N4O/c1-5-9-11(13)14-7-15-12(9)16-10(6-17-4)8(2)3/h7-8,10H,5-6H2,1-4H3,(H3,13,14,15,16). The Morgan fingerprint density at radius 2 is 2.12 bits per heavy atom. The molecule has 0 saturated heterocycles. The third-order valence-electron chi connectivity index (χ3n) is 2.81. The van der Waals surface area contributed by atoms with Crippen molar-refractivity contribution in [3.63, 3.8) is 0 Å². The summed E-state index contributed by atoms with van der Waals surface area (Å²) in [6.07, 6.45) is 2.30. The van der Waals surface area contributed by atoms with E-state index >= 15 is 0 Å². The number of nitrogens with one attached hydrogen (secondary N) is 1. The summed E-state index contributed by atoms with van der Waals surface area (Å²) in [7, 11) is 1.70. The first-order valence-corrected chi connectivity index (χ1v) is 5.94. The monoisotopic (exact) mass is 238 g/mol. The molecule has 0 amide bonds. The molecule has 1 unspecified atom stereocenters. The molecule has 1 aromatic heterocycles. The minimum absolute atomic E-state index is 0.222. The predicted octanol–water partition coefficient (Wildman–Crippen LogP) is 1.70. The Morgan fingerprint density at radius 3 is 2.65 bits per heavy atom. The van der Waals surface area contributed by atoms with E-state index in [1.807, 2.05) is 6.92 Å². The highest BCUT2D eigenvalue weighted by Gasteiger charge is 2.16. The maximum Gasteiger partial charge on any atom is 0.135 e. The van der Waals surface area contributed by atoms with Gasteiger partial charge in [-0.2, -0.15) is 0 Å². The number of nitrogen functional groups attached to an aromatic ring is 1. The number of ether oxygens (including phenoxy) is 1. The Hall–Kier alpha value is -1.36. The van der Waals surface area contributed by atoms with E-state index in [4.69, 9.17) is 10.5 Å². The third kappa shape index (κ3) is 3.56. The number of aromatic nitrogens is 2. The largest absolute Gasteiger partial charge is 0.383 e. The molecule has 0 aliphatic carbocycles. The number of hydrogen-bond donors (Lipinski definition) is 2. The average molecular weight is 238 g/mol. The lowest BCUT2D eigenvalue weighted by Gasteiger charge is -2.23. The molecule has 1 aromatic rings. The second-order valence-electron chi connectivity index (χ2n) is 4.39. The summed E-state index contributed by atoms with van der Waals surface area (Å²) in [5.74, 6) is 1.82. The molecule has 0 fully saturated rings. The molecule has 0 aliphatic heterocycles. The summed E-state index contributed by atoms with van der Waals surface area (Å²) in [4.78, 5) is 8.26. The van der Waals surface area contributed by atoms with Crippen LogP contribution in [0.3, 0.4) is 0 Å². The van der Waals surface area contributed by atoms with Gasteiger partial charge < -0.3 is 15.8 Å². The number of nitrogens with zero attached hydrogens (tertiary/aromatic N) is 2. The molecule has 5 heteroatoms. The van der Waals surface area contributed by atoms with Crippen LogP contribution in [0.4, 0.5) is 11.6 Å². The lowest BCUT2D eigenvalue weighted by Crippen LogP contribution is -2.31. The van der Waals surface area contributed by atoms with Gasteiger partial charge >= 0.3 is 0 Å². The molecule has 96 valence electrons. The first kappa shape index (κ1) is 13.7. The van der Waals surface area contributed by atoms with Crippen molar-refractivity contribution in [3.8, 4) is 0 Å². The van der Waals surface area contributed by atoms with Crippen LogP contribution < -0.4 is 11.1 Å². The molecule has 0 spiro atoms. The van der Waals surface area contributed by atoms with E-state index in [-0.39, 0.29) is 6.04 Å². The highest BCUT2D eigenvalue weighted by Crippen LogP contribution is 2.20. The third-order valence-corrected chi connectivity index (χ3v) is 2.81. The van der Waals surface area contributed by atoms with Crippen molar-refractivity contribution in [3.05, 3.63) is 11.9 Å². The first-order valence-electron chi connectivity index (χ1n) is 5.94. The Morgan fingerprint density at radius 1 is 1.41 bits per heavy atom. The van der Waals surface area contributed by atoms with Gasteiger partial charge in [0.1, 0.15) is 18.0 Å². The zero-order valence-corrected chi connectivity index (χ0v) is 11.0. The second-order valence-corrected chi connectivity index (χ2v) is 4.39. The van der Waals surface area contributed by atoms with Crippen LogP contribution in [0.25, 0.3) is 0 Å². The van der Waals surface area contributed by atoms with Crippen molar-refractivity contribution in [2.75, 3.05) is 24.8 Å². The second kappa shape index (κ2) is 6.39. The number of anilines is 2. The van der Waals surface area contributed by atoms with E-state index in [1.54, 1.807) is 7.11 Å². The fourth-order valence-electron chi connectivity index (χ4n) is 1.65. The molecular formula is C12H22N4O. The fraction of sp³-hybridized carbons (Fsp3) is 0.667. The quantitative estimate of drug-likeness (QED) is 0.789. The van der Waals surface area contributed by atoms with Gasteiger partial charge in [0.05, 0.1) is 12.6 Å². The molecular weight excluding hydrogens is 216 g/mol. The predicted molar refractivity (Wildman–Crippen MR) is 69.9 cm³/mol. The van der Waals surface area contributed by atoms with Crippen molar-refractivity contribution in [2.45, 2.75) is 33.2 Å². The SMILES string of the molecule is CCc1c(N)ncnc1NC(COC)C(C)C. The van der Waals surface area contributed by atoms with E-state index < -0.39 is 0 Å². The highest BCUT2D eigenvalue weighted by atomic mass is 16.5. The summed E-state index contributed by atoms with van der Waals surface area (Å²) in [5, 5.41) is 3.38. The van der Waals surface area contributed by atoms with Gasteiger partial charge in [-0.1, -0.05) is 20.8 Å². The molecule has 1 atom stereocenters. The van der Waals surface area contributed by atoms with Gasteiger partial charge in [0.15, 0.2) is 0 Å². The number of nitrogens with two attached hydrogens (primary N) is 1. The molecule has 0 aliphatic rings. The Balaban J connectivity index is 2.88. The average Bonchev–Trinajstić information content (AvgIpc) is 2.28. The van der Waals surface area contributed by atoms with Gasteiger partial charge in [0.25, 0.3) is 0 Å². The van der Waals surface area contributed by atoms with Crippen LogP contribution in [0.2, 0.25) is 0 Å². The Bertz CT molecular complexity index is 354. The Labute approximate surface area is 103 Å². The van der Waals surface area contributed by atoms with Crippen LogP contribution in [0, 0.1) is 5.92 Å². The van der Waals surface area contributed by atoms with Crippen LogP contribution in [0.1, 0.15) is 26.3 Å². The summed E-state index contributed by atoms with van der Waals surface area (Å²) < 4.78 is 5.20. The molecule has 0 radical (unpaired) electrons. The number of hydrogen-bond acceptors (Lipinski definition) is 5. The van der Waals surface area contributed by atoms with Crippen LogP contribution >= 0.6 is 0 Å². The van der Waals surface area contributed by atoms with Crippen molar-refractivity contribution < 1.29 is 4.74 Å². The van der Waals surface area contributed by atoms with Crippen molar-refractivity contribution in [2.24, 2.45) is 5.92 Å². The van der Waals surface area contributed by atoms with Crippen LogP contribution in [-0.4, -0.2) is 29.7 Å². The number of methoxy groups -OCH3 is 1. The fourth-order valence-corrected chi connectivity index (χ4v) is 1.65. The first-order chi connectivity index (χ1) is 8.10. The maximum atomic E-state index is 5.84. The molecule has 1 rings (SSSR count). The van der Waals surface area contributed by atoms with Crippen LogP contribution in [0.5, 0.6) is 0 Å². The topological polar surface area (TPSA) is 73.1 Å². The van der Waals surface area contributed by atoms with Gasteiger partial charge in [-0.25, -0.2) is 9.97 Å². The zero-order valence-electron chi connectivity index (χ0n) is 11.0. The lowest BCUT2D eigenvalue weighted by atomic mass is 10.0. The minimum atomic E-state index is 0.222. The van der Waals surface area contributed by atoms with Crippen molar-refractivity contribution in [1.29, 1.82) is 0 Å². The van der Waals surface area contributed by atoms with Crippen molar-refractivity contribution in [1.82, 2.24) is 9.97 Å². The highest BCUT2D eigenvalue weighted by molar-refractivity contribution is 5.55. The van der Waals surface area contributed by atoms with Gasteiger partial charge in [0.2, 0.25) is 0 Å². The van der Waals surface area contributed by atoms with Gasteiger partial charge in [-0.3, -0.25) is 0 Å². The molecule has 0 saturated carbocycles. The van der Waals surface area contributed by atoms with Crippen LogP contribution in [-0.2, 0) is 11.2 Å². The summed E-state index contributed by atoms with van der Waals surface area (Å²) in [5.41, 5.74) is 6.80. The number of rotatable bonds is 6. The molecule has 1 heterocycles. The minimum Gasteiger partial charge on any atom is -0.383 e. The van der Waals surface area contributed by atoms with Gasteiger partial charge in [-0.15, -0.1) is 0 Å². The van der Waals surface area contributed by atoms with E-state index in [0.29, 0.717) is 18.3 Å². The van der Waals surface area contributed by atoms with Gasteiger partial charge in [0, 0.05) is 12.7 Å². The summed E-state index contributed by atoms with van der Waals surface area (Å²) in [6.45, 7) is 6.98. The Kier molecular flexibility index (Phi) is 5.15. The molecule has 0 bridgehead atoms.